The summed E-state index contributed by atoms with van der Waals surface area (Å²) < 4.78 is 46.3. The summed E-state index contributed by atoms with van der Waals surface area (Å²) in [4.78, 5) is 19.8. The standard InChI is InChI=1S/C19H27F3N4O3.HI/c1-3-29-18(27)26-9-7-25(8-10-26)17(23-2)24-12-15-5-4-6-16(11-15)13-28-14-19(20,21)22;/h4-6,11H,3,7-10,12-14H2,1-2H3,(H,23,24);1H. The van der Waals surface area contributed by atoms with E-state index in [1.54, 1.807) is 37.1 Å². The third kappa shape index (κ3) is 8.94. The minimum atomic E-state index is -4.33. The molecular formula is C19H28F3IN4O3. The molecule has 30 heavy (non-hydrogen) atoms. The average Bonchev–Trinajstić information content (AvgIpc) is 2.68. The lowest BCUT2D eigenvalue weighted by molar-refractivity contribution is -0.176. The molecule has 11 heteroatoms. The van der Waals surface area contributed by atoms with Gasteiger partial charge in [0.2, 0.25) is 0 Å². The van der Waals surface area contributed by atoms with Crippen molar-refractivity contribution in [1.82, 2.24) is 15.1 Å². The van der Waals surface area contributed by atoms with Gasteiger partial charge < -0.3 is 24.6 Å². The number of aliphatic imine (C=N–C) groups is 1. The number of rotatable bonds is 6. The zero-order valence-electron chi connectivity index (χ0n) is 17.1. The zero-order valence-corrected chi connectivity index (χ0v) is 19.4. The molecule has 7 nitrogen and oxygen atoms in total. The van der Waals surface area contributed by atoms with Crippen LogP contribution in [0.3, 0.4) is 0 Å². The maximum Gasteiger partial charge on any atom is 0.411 e. The molecule has 0 saturated carbocycles. The Morgan fingerprint density at radius 2 is 1.80 bits per heavy atom. The second-order valence-corrected chi connectivity index (χ2v) is 6.50. The fraction of sp³-hybridized carbons (Fsp3) is 0.579. The van der Waals surface area contributed by atoms with Crippen LogP contribution in [0.1, 0.15) is 18.1 Å². The molecule has 0 radical (unpaired) electrons. The first kappa shape index (κ1) is 26.3. The molecule has 1 fully saturated rings. The molecule has 0 aliphatic carbocycles. The fourth-order valence-electron chi connectivity index (χ4n) is 2.94. The lowest BCUT2D eigenvalue weighted by atomic mass is 10.1. The van der Waals surface area contributed by atoms with E-state index in [2.05, 4.69) is 10.3 Å². The maximum atomic E-state index is 12.2. The van der Waals surface area contributed by atoms with Crippen LogP contribution >= 0.6 is 24.0 Å². The number of halogens is 4. The summed E-state index contributed by atoms with van der Waals surface area (Å²) in [7, 11) is 1.68. The van der Waals surface area contributed by atoms with Crippen molar-refractivity contribution in [2.24, 2.45) is 4.99 Å². The number of ether oxygens (including phenoxy) is 2. The molecule has 0 unspecified atom stereocenters. The first-order valence-corrected chi connectivity index (χ1v) is 9.42. The number of nitrogens with one attached hydrogen (secondary N) is 1. The van der Waals surface area contributed by atoms with Crippen LogP contribution in [-0.4, -0.2) is 74.5 Å². The SMILES string of the molecule is CCOC(=O)N1CCN(C(=NC)NCc2cccc(COCC(F)(F)F)c2)CC1.I. The van der Waals surface area contributed by atoms with Crippen molar-refractivity contribution in [2.75, 3.05) is 46.4 Å². The van der Waals surface area contributed by atoms with Crippen molar-refractivity contribution in [1.29, 1.82) is 0 Å². The van der Waals surface area contributed by atoms with E-state index in [1.807, 2.05) is 11.0 Å². The van der Waals surface area contributed by atoms with Crippen LogP contribution in [-0.2, 0) is 22.6 Å². The summed E-state index contributed by atoms with van der Waals surface area (Å²) in [5, 5.41) is 3.25. The Bertz CT molecular complexity index is 696. The van der Waals surface area contributed by atoms with Crippen molar-refractivity contribution in [2.45, 2.75) is 26.3 Å². The molecule has 0 spiro atoms. The van der Waals surface area contributed by atoms with E-state index in [0.29, 0.717) is 50.9 Å². The van der Waals surface area contributed by atoms with E-state index in [0.717, 1.165) is 5.56 Å². The summed E-state index contributed by atoms with van der Waals surface area (Å²) in [5.74, 6) is 0.701. The normalized spacial score (nSPS) is 14.9. The minimum Gasteiger partial charge on any atom is -0.450 e. The van der Waals surface area contributed by atoms with Gasteiger partial charge in [0.25, 0.3) is 0 Å². The van der Waals surface area contributed by atoms with Crippen molar-refractivity contribution in [3.8, 4) is 0 Å². The largest absolute Gasteiger partial charge is 0.450 e. The number of carbonyl (C=O) groups excluding carboxylic acids is 1. The minimum absolute atomic E-state index is 0. The lowest BCUT2D eigenvalue weighted by Gasteiger charge is -2.35. The molecule has 1 heterocycles. The number of hydrogen-bond donors (Lipinski definition) is 1. The second kappa shape index (κ2) is 12.8. The molecule has 1 aromatic rings. The predicted molar refractivity (Wildman–Crippen MR) is 118 cm³/mol. The van der Waals surface area contributed by atoms with Crippen molar-refractivity contribution >= 4 is 36.0 Å². The van der Waals surface area contributed by atoms with Crippen LogP contribution in [0.2, 0.25) is 0 Å². The molecule has 2 rings (SSSR count). The van der Waals surface area contributed by atoms with Gasteiger partial charge in [0.15, 0.2) is 5.96 Å². The topological polar surface area (TPSA) is 66.4 Å². The van der Waals surface area contributed by atoms with Crippen LogP contribution in [0.4, 0.5) is 18.0 Å². The van der Waals surface area contributed by atoms with E-state index in [9.17, 15) is 18.0 Å². The molecule has 1 saturated heterocycles. The first-order chi connectivity index (χ1) is 13.8. The fourth-order valence-corrected chi connectivity index (χ4v) is 2.94. The molecule has 1 aromatic carbocycles. The lowest BCUT2D eigenvalue weighted by Crippen LogP contribution is -2.53. The number of guanidine groups is 1. The van der Waals surface area contributed by atoms with Gasteiger partial charge in [-0.15, -0.1) is 24.0 Å². The molecule has 1 amide bonds. The van der Waals surface area contributed by atoms with Gasteiger partial charge in [0.1, 0.15) is 6.61 Å². The Kier molecular flexibility index (Phi) is 11.2. The van der Waals surface area contributed by atoms with Crippen molar-refractivity contribution < 1.29 is 27.4 Å². The molecule has 1 N–H and O–H groups in total. The summed E-state index contributed by atoms with van der Waals surface area (Å²) >= 11 is 0. The van der Waals surface area contributed by atoms with E-state index in [1.165, 1.54) is 0 Å². The highest BCUT2D eigenvalue weighted by Crippen LogP contribution is 2.16. The number of alkyl halides is 3. The van der Waals surface area contributed by atoms with Gasteiger partial charge >= 0.3 is 12.3 Å². The first-order valence-electron chi connectivity index (χ1n) is 9.42. The van der Waals surface area contributed by atoms with Gasteiger partial charge in [-0.25, -0.2) is 4.79 Å². The number of piperazine rings is 1. The molecule has 0 bridgehead atoms. The van der Waals surface area contributed by atoms with Crippen LogP contribution in [0, 0.1) is 0 Å². The monoisotopic (exact) mass is 544 g/mol. The van der Waals surface area contributed by atoms with Crippen LogP contribution in [0.15, 0.2) is 29.3 Å². The van der Waals surface area contributed by atoms with Gasteiger partial charge in [-0.3, -0.25) is 4.99 Å². The highest BCUT2D eigenvalue weighted by atomic mass is 127. The summed E-state index contributed by atoms with van der Waals surface area (Å²) in [5.41, 5.74) is 1.58. The van der Waals surface area contributed by atoms with E-state index >= 15 is 0 Å². The third-order valence-electron chi connectivity index (χ3n) is 4.29. The molecule has 170 valence electrons. The zero-order chi connectivity index (χ0) is 21.3. The van der Waals surface area contributed by atoms with E-state index in [-0.39, 0.29) is 36.7 Å². The second-order valence-electron chi connectivity index (χ2n) is 6.50. The molecule has 1 aliphatic rings. The number of nitrogens with zero attached hydrogens (tertiary/aromatic N) is 3. The quantitative estimate of drug-likeness (QED) is 0.339. The smallest absolute Gasteiger partial charge is 0.411 e. The molecular weight excluding hydrogens is 516 g/mol. The molecule has 1 aliphatic heterocycles. The summed E-state index contributed by atoms with van der Waals surface area (Å²) in [6.45, 7) is 3.58. The summed E-state index contributed by atoms with van der Waals surface area (Å²) in [6, 6.07) is 7.19. The van der Waals surface area contributed by atoms with Crippen molar-refractivity contribution in [3.05, 3.63) is 35.4 Å². The van der Waals surface area contributed by atoms with Crippen molar-refractivity contribution in [3.63, 3.8) is 0 Å². The van der Waals surface area contributed by atoms with Gasteiger partial charge in [0, 0.05) is 39.8 Å². The third-order valence-corrected chi connectivity index (χ3v) is 4.29. The highest BCUT2D eigenvalue weighted by molar-refractivity contribution is 14.0. The van der Waals surface area contributed by atoms with Gasteiger partial charge in [-0.2, -0.15) is 13.2 Å². The Labute approximate surface area is 191 Å². The van der Waals surface area contributed by atoms with Gasteiger partial charge in [-0.05, 0) is 18.1 Å². The number of carbonyl (C=O) groups is 1. The average molecular weight is 544 g/mol. The van der Waals surface area contributed by atoms with Gasteiger partial charge in [-0.1, -0.05) is 24.3 Å². The number of amides is 1. The number of benzene rings is 1. The van der Waals surface area contributed by atoms with Crippen LogP contribution < -0.4 is 5.32 Å². The highest BCUT2D eigenvalue weighted by Gasteiger charge is 2.27. The maximum absolute atomic E-state index is 12.2. The molecule has 0 atom stereocenters. The Morgan fingerprint density at radius 3 is 2.40 bits per heavy atom. The van der Waals surface area contributed by atoms with Gasteiger partial charge in [0.05, 0.1) is 13.2 Å². The number of hydrogen-bond acceptors (Lipinski definition) is 4. The Balaban J connectivity index is 0.00000450. The summed E-state index contributed by atoms with van der Waals surface area (Å²) in [6.07, 6.45) is -4.64. The van der Waals surface area contributed by atoms with Crippen LogP contribution in [0.5, 0.6) is 0 Å². The Morgan fingerprint density at radius 1 is 1.17 bits per heavy atom. The van der Waals surface area contributed by atoms with Crippen LogP contribution in [0.25, 0.3) is 0 Å². The van der Waals surface area contributed by atoms with E-state index < -0.39 is 12.8 Å². The Hall–Kier alpha value is -1.76. The molecule has 0 aromatic heterocycles. The van der Waals surface area contributed by atoms with E-state index in [4.69, 9.17) is 9.47 Å². The predicted octanol–water partition coefficient (Wildman–Crippen LogP) is 3.23.